The van der Waals surface area contributed by atoms with Crippen LogP contribution >= 0.6 is 0 Å². The molecule has 0 radical (unpaired) electrons. The van der Waals surface area contributed by atoms with E-state index < -0.39 is 0 Å². The summed E-state index contributed by atoms with van der Waals surface area (Å²) in [5.41, 5.74) is 0. The van der Waals surface area contributed by atoms with E-state index in [1.165, 1.54) is 0 Å². The van der Waals surface area contributed by atoms with Gasteiger partial charge in [-0.25, -0.2) is 0 Å². The molecule has 0 spiro atoms. The Balaban J connectivity index is 0. The first-order valence-electron chi connectivity index (χ1n) is 3.45. The van der Waals surface area contributed by atoms with E-state index in [4.69, 9.17) is 5.26 Å². The molecule has 0 aliphatic carbocycles. The molecule has 0 saturated heterocycles. The quantitative estimate of drug-likeness (QED) is 0.626. The first-order valence-corrected chi connectivity index (χ1v) is 3.45. The van der Waals surface area contributed by atoms with Gasteiger partial charge in [0.25, 0.3) is 0 Å². The molecule has 0 aromatic carbocycles. The number of nitrogens with one attached hydrogen (secondary N) is 1. The van der Waals surface area contributed by atoms with Crippen molar-refractivity contribution >= 4 is 5.91 Å². The fourth-order valence-corrected chi connectivity index (χ4v) is 0.331. The summed E-state index contributed by atoms with van der Waals surface area (Å²) < 4.78 is 0. The van der Waals surface area contributed by atoms with Gasteiger partial charge in [-0.3, -0.25) is 4.79 Å². The minimum absolute atomic E-state index is 0.0339. The molecule has 0 rings (SSSR count). The van der Waals surface area contributed by atoms with Crippen LogP contribution < -0.4 is 5.32 Å². The Morgan fingerprint density at radius 3 is 2.40 bits per heavy atom. The maximum absolute atomic E-state index is 10.3. The average Bonchev–Trinajstić information content (AvgIpc) is 1.93. The molecule has 0 aromatic heterocycles. The van der Waals surface area contributed by atoms with Gasteiger partial charge in [0.2, 0.25) is 5.91 Å². The van der Waals surface area contributed by atoms with Gasteiger partial charge in [0, 0.05) is 6.54 Å². The fourth-order valence-electron chi connectivity index (χ4n) is 0.331. The highest BCUT2D eigenvalue weighted by Gasteiger charge is 1.93. The van der Waals surface area contributed by atoms with Gasteiger partial charge in [-0.15, -0.1) is 0 Å². The molecule has 3 heteroatoms. The van der Waals surface area contributed by atoms with E-state index in [-0.39, 0.29) is 12.3 Å². The molecule has 0 aromatic rings. The zero-order valence-corrected chi connectivity index (χ0v) is 6.77. The maximum Gasteiger partial charge on any atom is 0.234 e. The highest BCUT2D eigenvalue weighted by molar-refractivity contribution is 5.77. The number of rotatable bonds is 2. The number of hydrogen-bond acceptors (Lipinski definition) is 2. The van der Waals surface area contributed by atoms with E-state index >= 15 is 0 Å². The highest BCUT2D eigenvalue weighted by Crippen LogP contribution is 1.71. The molecule has 0 heterocycles. The lowest BCUT2D eigenvalue weighted by atomic mass is 10.4. The van der Waals surface area contributed by atoms with Crippen LogP contribution in [0.1, 0.15) is 27.2 Å². The monoisotopic (exact) mass is 142 g/mol. The zero-order valence-electron chi connectivity index (χ0n) is 6.77. The Bertz CT molecular complexity index is 115. The van der Waals surface area contributed by atoms with E-state index in [0.717, 1.165) is 0 Å². The van der Waals surface area contributed by atoms with Crippen LogP contribution in [0, 0.1) is 11.3 Å². The molecule has 0 fully saturated rings. The first-order chi connectivity index (χ1) is 4.81. The summed E-state index contributed by atoms with van der Waals surface area (Å²) in [6.45, 7) is 6.41. The topological polar surface area (TPSA) is 52.9 Å². The molecule has 58 valence electrons. The standard InChI is InChI=1S/C5H8N2O.C2H6/c1-2-7-5(8)3-4-6;1-2/h2-3H2,1H3,(H,7,8);1-2H3. The lowest BCUT2D eigenvalue weighted by Gasteiger charge is -1.92. The van der Waals surface area contributed by atoms with Crippen LogP contribution in [0.4, 0.5) is 0 Å². The molecule has 1 amide bonds. The van der Waals surface area contributed by atoms with Crippen molar-refractivity contribution in [1.82, 2.24) is 5.32 Å². The van der Waals surface area contributed by atoms with Crippen molar-refractivity contribution < 1.29 is 4.79 Å². The third-order valence-electron chi connectivity index (χ3n) is 0.614. The number of carbonyl (C=O) groups excluding carboxylic acids is 1. The largest absolute Gasteiger partial charge is 0.355 e. The number of amides is 1. The number of nitriles is 1. The van der Waals surface area contributed by atoms with Crippen molar-refractivity contribution in [2.75, 3.05) is 6.54 Å². The second-order valence-electron chi connectivity index (χ2n) is 1.29. The van der Waals surface area contributed by atoms with Gasteiger partial charge in [0.1, 0.15) is 6.42 Å². The van der Waals surface area contributed by atoms with Gasteiger partial charge in [-0.2, -0.15) is 5.26 Å². The predicted molar refractivity (Wildman–Crippen MR) is 40.3 cm³/mol. The van der Waals surface area contributed by atoms with E-state index in [9.17, 15) is 4.79 Å². The Labute approximate surface area is 62.0 Å². The molecule has 0 bridgehead atoms. The first kappa shape index (κ1) is 11.7. The number of nitrogens with zero attached hydrogens (tertiary/aromatic N) is 1. The van der Waals surface area contributed by atoms with Crippen LogP contribution in [0.15, 0.2) is 0 Å². The Hall–Kier alpha value is -1.04. The molecule has 0 saturated carbocycles. The molecular weight excluding hydrogens is 128 g/mol. The molecule has 0 unspecified atom stereocenters. The minimum atomic E-state index is -0.199. The SMILES string of the molecule is CC.CCNC(=O)CC#N. The van der Waals surface area contributed by atoms with Crippen molar-refractivity contribution in [2.45, 2.75) is 27.2 Å². The second kappa shape index (κ2) is 10.9. The third-order valence-corrected chi connectivity index (χ3v) is 0.614. The summed E-state index contributed by atoms with van der Waals surface area (Å²) in [5, 5.41) is 10.4. The summed E-state index contributed by atoms with van der Waals surface area (Å²) in [4.78, 5) is 10.3. The molecule has 1 N–H and O–H groups in total. The average molecular weight is 142 g/mol. The fraction of sp³-hybridized carbons (Fsp3) is 0.714. The lowest BCUT2D eigenvalue weighted by Crippen LogP contribution is -2.21. The zero-order chi connectivity index (χ0) is 8.41. The minimum Gasteiger partial charge on any atom is -0.355 e. The molecular formula is C7H14N2O. The summed E-state index contributed by atoms with van der Waals surface area (Å²) >= 11 is 0. The second-order valence-corrected chi connectivity index (χ2v) is 1.29. The highest BCUT2D eigenvalue weighted by atomic mass is 16.1. The number of hydrogen-bond donors (Lipinski definition) is 1. The number of carbonyl (C=O) groups is 1. The van der Waals surface area contributed by atoms with Crippen molar-refractivity contribution in [1.29, 1.82) is 5.26 Å². The van der Waals surface area contributed by atoms with E-state index in [2.05, 4.69) is 5.32 Å². The summed E-state index contributed by atoms with van der Waals surface area (Å²) in [7, 11) is 0. The molecule has 3 nitrogen and oxygen atoms in total. The Morgan fingerprint density at radius 2 is 2.10 bits per heavy atom. The summed E-state index contributed by atoms with van der Waals surface area (Å²) in [6.07, 6.45) is -0.0339. The van der Waals surface area contributed by atoms with Gasteiger partial charge in [-0.1, -0.05) is 13.8 Å². The van der Waals surface area contributed by atoms with Crippen LogP contribution in [-0.4, -0.2) is 12.5 Å². The van der Waals surface area contributed by atoms with Gasteiger partial charge in [0.15, 0.2) is 0 Å². The van der Waals surface area contributed by atoms with Crippen molar-refractivity contribution in [3.05, 3.63) is 0 Å². The van der Waals surface area contributed by atoms with E-state index in [1.807, 2.05) is 20.8 Å². The van der Waals surface area contributed by atoms with Crippen LogP contribution in [0.2, 0.25) is 0 Å². The molecule has 0 atom stereocenters. The van der Waals surface area contributed by atoms with Gasteiger partial charge >= 0.3 is 0 Å². The normalized spacial score (nSPS) is 6.60. The third kappa shape index (κ3) is 10.0. The predicted octanol–water partition coefficient (Wildman–Crippen LogP) is 1.06. The summed E-state index contributed by atoms with van der Waals surface area (Å²) in [5.74, 6) is -0.199. The van der Waals surface area contributed by atoms with Crippen molar-refractivity contribution in [3.63, 3.8) is 0 Å². The van der Waals surface area contributed by atoms with Crippen LogP contribution in [0.5, 0.6) is 0 Å². The van der Waals surface area contributed by atoms with Gasteiger partial charge in [0.05, 0.1) is 6.07 Å². The smallest absolute Gasteiger partial charge is 0.234 e. The van der Waals surface area contributed by atoms with E-state index in [1.54, 1.807) is 6.07 Å². The lowest BCUT2D eigenvalue weighted by molar-refractivity contribution is -0.120. The van der Waals surface area contributed by atoms with Crippen LogP contribution in [0.25, 0.3) is 0 Å². The molecule has 0 aliphatic rings. The van der Waals surface area contributed by atoms with Gasteiger partial charge < -0.3 is 5.32 Å². The maximum atomic E-state index is 10.3. The van der Waals surface area contributed by atoms with E-state index in [0.29, 0.717) is 6.54 Å². The Kier molecular flexibility index (Phi) is 12.7. The van der Waals surface area contributed by atoms with Crippen LogP contribution in [0.3, 0.4) is 0 Å². The van der Waals surface area contributed by atoms with Crippen molar-refractivity contribution in [2.24, 2.45) is 0 Å². The van der Waals surface area contributed by atoms with Crippen LogP contribution in [-0.2, 0) is 4.79 Å². The van der Waals surface area contributed by atoms with Crippen molar-refractivity contribution in [3.8, 4) is 6.07 Å². The summed E-state index contributed by atoms with van der Waals surface area (Å²) in [6, 6.07) is 1.74. The molecule has 10 heavy (non-hydrogen) atoms. The molecule has 0 aliphatic heterocycles. The van der Waals surface area contributed by atoms with Gasteiger partial charge in [-0.05, 0) is 6.92 Å². The Morgan fingerprint density at radius 1 is 1.60 bits per heavy atom.